The number of ether oxygens (including phenoxy) is 1. The van der Waals surface area contributed by atoms with E-state index in [2.05, 4.69) is 5.32 Å². The fourth-order valence-electron chi connectivity index (χ4n) is 1.94. The van der Waals surface area contributed by atoms with Crippen molar-refractivity contribution in [1.29, 1.82) is 0 Å². The number of benzene rings is 2. The molecule has 0 aliphatic rings. The molecule has 0 heterocycles. The van der Waals surface area contributed by atoms with Crippen LogP contribution < -0.4 is 11.1 Å². The topological polar surface area (TPSA) is 125 Å². The van der Waals surface area contributed by atoms with Crippen LogP contribution in [0.15, 0.2) is 36.4 Å². The number of nitrogen functional groups attached to an aromatic ring is 1. The maximum absolute atomic E-state index is 13.1. The lowest BCUT2D eigenvalue weighted by Gasteiger charge is -2.14. The van der Waals surface area contributed by atoms with E-state index < -0.39 is 28.7 Å². The Morgan fingerprint density at radius 2 is 2.00 bits per heavy atom. The van der Waals surface area contributed by atoms with E-state index in [9.17, 15) is 24.1 Å². The Balaban J connectivity index is 2.05. The third-order valence-electron chi connectivity index (χ3n) is 3.31. The summed E-state index contributed by atoms with van der Waals surface area (Å²) in [6, 6.07) is 6.83. The zero-order chi connectivity index (χ0) is 19.4. The second-order valence-corrected chi connectivity index (χ2v) is 5.60. The number of rotatable bonds is 5. The van der Waals surface area contributed by atoms with Gasteiger partial charge in [-0.1, -0.05) is 11.6 Å². The van der Waals surface area contributed by atoms with Crippen LogP contribution in [0.1, 0.15) is 17.3 Å². The van der Waals surface area contributed by atoms with E-state index in [1.54, 1.807) is 0 Å². The van der Waals surface area contributed by atoms with Crippen LogP contribution in [0.5, 0.6) is 0 Å². The van der Waals surface area contributed by atoms with Gasteiger partial charge in [0.15, 0.2) is 6.10 Å². The normalized spacial score (nSPS) is 11.5. The van der Waals surface area contributed by atoms with Crippen LogP contribution in [-0.4, -0.2) is 22.9 Å². The van der Waals surface area contributed by atoms with Gasteiger partial charge < -0.3 is 15.8 Å². The molecule has 0 saturated carbocycles. The maximum Gasteiger partial charge on any atom is 0.341 e. The lowest BCUT2D eigenvalue weighted by Crippen LogP contribution is -2.30. The summed E-state index contributed by atoms with van der Waals surface area (Å²) in [5.41, 5.74) is 5.29. The van der Waals surface area contributed by atoms with Crippen molar-refractivity contribution in [3.63, 3.8) is 0 Å². The zero-order valence-electron chi connectivity index (χ0n) is 13.4. The van der Waals surface area contributed by atoms with E-state index in [0.29, 0.717) is 0 Å². The first-order valence-corrected chi connectivity index (χ1v) is 7.57. The minimum absolute atomic E-state index is 0.111. The van der Waals surface area contributed by atoms with Gasteiger partial charge >= 0.3 is 5.97 Å². The third kappa shape index (κ3) is 4.45. The second kappa shape index (κ2) is 7.79. The number of esters is 1. The largest absolute Gasteiger partial charge is 0.449 e. The van der Waals surface area contributed by atoms with Crippen molar-refractivity contribution in [3.05, 3.63) is 62.9 Å². The van der Waals surface area contributed by atoms with E-state index in [-0.39, 0.29) is 27.6 Å². The van der Waals surface area contributed by atoms with Crippen LogP contribution in [0, 0.1) is 15.9 Å². The highest BCUT2D eigenvalue weighted by Crippen LogP contribution is 2.22. The molecular formula is C16H13ClFN3O5. The fourth-order valence-corrected chi connectivity index (χ4v) is 2.13. The molecule has 0 radical (unpaired) electrons. The molecule has 0 fully saturated rings. The van der Waals surface area contributed by atoms with E-state index in [4.69, 9.17) is 22.1 Å². The molecule has 0 saturated heterocycles. The molecule has 2 aromatic carbocycles. The van der Waals surface area contributed by atoms with Gasteiger partial charge in [-0.25, -0.2) is 9.18 Å². The Bertz CT molecular complexity index is 890. The number of carbonyl (C=O) groups excluding carboxylic acids is 2. The molecule has 1 atom stereocenters. The Kier molecular flexibility index (Phi) is 5.73. The molecule has 0 spiro atoms. The van der Waals surface area contributed by atoms with Crippen LogP contribution in [0.3, 0.4) is 0 Å². The average Bonchev–Trinajstić information content (AvgIpc) is 2.57. The monoisotopic (exact) mass is 381 g/mol. The number of amides is 1. The quantitative estimate of drug-likeness (QED) is 0.355. The first kappa shape index (κ1) is 19.1. The number of nitro benzene ring substituents is 1. The molecule has 8 nitrogen and oxygen atoms in total. The third-order valence-corrected chi connectivity index (χ3v) is 3.60. The number of nitrogens with zero attached hydrogens (tertiary/aromatic N) is 1. The van der Waals surface area contributed by atoms with Gasteiger partial charge in [-0.2, -0.15) is 0 Å². The molecule has 0 aliphatic heterocycles. The molecule has 2 rings (SSSR count). The highest BCUT2D eigenvalue weighted by molar-refractivity contribution is 6.31. The van der Waals surface area contributed by atoms with Crippen molar-refractivity contribution in [2.24, 2.45) is 0 Å². The number of nitrogens with two attached hydrogens (primary N) is 1. The molecule has 3 N–H and O–H groups in total. The van der Waals surface area contributed by atoms with Crippen molar-refractivity contribution >= 4 is 40.5 Å². The highest BCUT2D eigenvalue weighted by atomic mass is 35.5. The summed E-state index contributed by atoms with van der Waals surface area (Å²) in [5.74, 6) is -2.24. The minimum Gasteiger partial charge on any atom is -0.449 e. The number of halogens is 2. The summed E-state index contributed by atoms with van der Waals surface area (Å²) in [7, 11) is 0. The first-order valence-electron chi connectivity index (χ1n) is 7.20. The molecule has 26 heavy (non-hydrogen) atoms. The summed E-state index contributed by atoms with van der Waals surface area (Å²) >= 11 is 5.62. The number of nitrogens with one attached hydrogen (secondary N) is 1. The smallest absolute Gasteiger partial charge is 0.341 e. The van der Waals surface area contributed by atoms with E-state index in [0.717, 1.165) is 24.3 Å². The van der Waals surface area contributed by atoms with Crippen molar-refractivity contribution in [2.45, 2.75) is 13.0 Å². The van der Waals surface area contributed by atoms with E-state index >= 15 is 0 Å². The predicted octanol–water partition coefficient (Wildman–Crippen LogP) is 3.15. The van der Waals surface area contributed by atoms with Gasteiger partial charge in [-0.15, -0.1) is 0 Å². The lowest BCUT2D eigenvalue weighted by molar-refractivity contribution is -0.384. The van der Waals surface area contributed by atoms with Gasteiger partial charge in [0.2, 0.25) is 0 Å². The van der Waals surface area contributed by atoms with Gasteiger partial charge in [-0.3, -0.25) is 14.9 Å². The number of non-ortho nitro benzene ring substituents is 1. The standard InChI is InChI=1S/C16H13ClFN3O5/c1-8(15(22)20-9-2-5-13(18)12(17)6-9)26-16(23)11-4-3-10(21(24)25)7-14(11)19/h2-8H,19H2,1H3,(H,20,22)/t8-/m1/s1. The van der Waals surface area contributed by atoms with Gasteiger partial charge in [0.25, 0.3) is 11.6 Å². The van der Waals surface area contributed by atoms with Gasteiger partial charge in [0.05, 0.1) is 21.2 Å². The zero-order valence-corrected chi connectivity index (χ0v) is 14.1. The molecule has 10 heteroatoms. The second-order valence-electron chi connectivity index (χ2n) is 5.19. The summed E-state index contributed by atoms with van der Waals surface area (Å²) in [6.07, 6.45) is -1.21. The van der Waals surface area contributed by atoms with Crippen molar-refractivity contribution in [1.82, 2.24) is 0 Å². The molecule has 0 bridgehead atoms. The molecule has 1 amide bonds. The van der Waals surface area contributed by atoms with Crippen LogP contribution in [0.2, 0.25) is 5.02 Å². The van der Waals surface area contributed by atoms with E-state index in [1.165, 1.54) is 19.1 Å². The van der Waals surface area contributed by atoms with Gasteiger partial charge in [0.1, 0.15) is 5.82 Å². The molecule has 2 aromatic rings. The van der Waals surface area contributed by atoms with E-state index in [1.807, 2.05) is 0 Å². The summed E-state index contributed by atoms with van der Waals surface area (Å²) in [4.78, 5) is 34.2. The number of nitro groups is 1. The van der Waals surface area contributed by atoms with Gasteiger partial charge in [0, 0.05) is 17.8 Å². The molecule has 0 aliphatic carbocycles. The number of carbonyl (C=O) groups is 2. The van der Waals surface area contributed by atoms with Crippen molar-refractivity contribution in [3.8, 4) is 0 Å². The van der Waals surface area contributed by atoms with Crippen LogP contribution in [0.4, 0.5) is 21.5 Å². The molecule has 0 aromatic heterocycles. The number of hydrogen-bond donors (Lipinski definition) is 2. The van der Waals surface area contributed by atoms with Crippen molar-refractivity contribution < 1.29 is 23.6 Å². The van der Waals surface area contributed by atoms with Crippen LogP contribution >= 0.6 is 11.6 Å². The fraction of sp³-hybridized carbons (Fsp3) is 0.125. The first-order chi connectivity index (χ1) is 12.2. The van der Waals surface area contributed by atoms with Crippen molar-refractivity contribution in [2.75, 3.05) is 11.1 Å². The SMILES string of the molecule is C[C@@H](OC(=O)c1ccc([N+](=O)[O-])cc1N)C(=O)Nc1ccc(F)c(Cl)c1. The Morgan fingerprint density at radius 1 is 1.31 bits per heavy atom. The summed E-state index contributed by atoms with van der Waals surface area (Å²) in [6.45, 7) is 1.32. The lowest BCUT2D eigenvalue weighted by atomic mass is 10.1. The van der Waals surface area contributed by atoms with Gasteiger partial charge in [-0.05, 0) is 31.2 Å². The number of hydrogen-bond acceptors (Lipinski definition) is 6. The average molecular weight is 382 g/mol. The maximum atomic E-state index is 13.1. The summed E-state index contributed by atoms with van der Waals surface area (Å²) < 4.78 is 18.1. The molecular weight excluding hydrogens is 369 g/mol. The highest BCUT2D eigenvalue weighted by Gasteiger charge is 2.22. The Morgan fingerprint density at radius 3 is 2.58 bits per heavy atom. The summed E-state index contributed by atoms with van der Waals surface area (Å²) in [5, 5.41) is 12.9. The van der Waals surface area contributed by atoms with Crippen LogP contribution in [0.25, 0.3) is 0 Å². The molecule has 136 valence electrons. The number of anilines is 2. The van der Waals surface area contributed by atoms with Crippen LogP contribution in [-0.2, 0) is 9.53 Å². The Labute approximate surface area is 151 Å². The Hall–Kier alpha value is -3.20. The minimum atomic E-state index is -1.21. The predicted molar refractivity (Wildman–Crippen MR) is 92.4 cm³/mol. The molecule has 0 unspecified atom stereocenters.